The highest BCUT2D eigenvalue weighted by atomic mass is 79.9. The number of hydrogen-bond donors (Lipinski definition) is 1. The highest BCUT2D eigenvalue weighted by Crippen LogP contribution is 2.37. The Bertz CT molecular complexity index is 851. The van der Waals surface area contributed by atoms with Crippen LogP contribution in [0, 0.1) is 6.92 Å². The van der Waals surface area contributed by atoms with E-state index in [1.807, 2.05) is 0 Å². The molecule has 0 saturated heterocycles. The monoisotopic (exact) mass is 433 g/mol. The fraction of sp³-hybridized carbons (Fsp3) is 0.375. The number of fused-ring (bicyclic) bond motifs is 1. The number of nitrogens with one attached hydrogen (secondary N) is 1. The van der Waals surface area contributed by atoms with Crippen molar-refractivity contribution in [3.63, 3.8) is 0 Å². The fourth-order valence-electron chi connectivity index (χ4n) is 2.54. The van der Waals surface area contributed by atoms with Gasteiger partial charge in [-0.25, -0.2) is 0 Å². The summed E-state index contributed by atoms with van der Waals surface area (Å²) in [6, 6.07) is 3.94. The SMILES string of the molecule is Cc1c(Br)c(C(F)(F)F)nn1C(C)C(=O)Nc1ccc2c(c1)OCCO2. The van der Waals surface area contributed by atoms with E-state index in [0.717, 1.165) is 4.68 Å². The van der Waals surface area contributed by atoms with Crippen LogP contribution in [0.1, 0.15) is 24.4 Å². The van der Waals surface area contributed by atoms with Crippen LogP contribution in [0.5, 0.6) is 11.5 Å². The average Bonchev–Trinajstić information content (AvgIpc) is 2.89. The van der Waals surface area contributed by atoms with Gasteiger partial charge < -0.3 is 14.8 Å². The second-order valence-corrected chi connectivity index (χ2v) is 6.51. The Balaban J connectivity index is 1.80. The molecule has 0 saturated carbocycles. The largest absolute Gasteiger partial charge is 0.486 e. The molecule has 1 N–H and O–H groups in total. The van der Waals surface area contributed by atoms with E-state index in [2.05, 4.69) is 26.3 Å². The van der Waals surface area contributed by atoms with Gasteiger partial charge in [0, 0.05) is 11.8 Å². The van der Waals surface area contributed by atoms with Crippen molar-refractivity contribution in [3.8, 4) is 11.5 Å². The molecule has 2 aromatic rings. The number of carbonyl (C=O) groups is 1. The third-order valence-electron chi connectivity index (χ3n) is 3.90. The van der Waals surface area contributed by atoms with Crippen LogP contribution in [0.2, 0.25) is 0 Å². The first-order valence-electron chi connectivity index (χ1n) is 7.71. The molecule has 1 aromatic carbocycles. The number of halogens is 4. The summed E-state index contributed by atoms with van der Waals surface area (Å²) in [5.74, 6) is 0.566. The summed E-state index contributed by atoms with van der Waals surface area (Å²) in [5, 5.41) is 6.21. The third kappa shape index (κ3) is 3.50. The number of nitrogens with zero attached hydrogens (tertiary/aromatic N) is 2. The Morgan fingerprint density at radius 3 is 2.58 bits per heavy atom. The number of hydrogen-bond acceptors (Lipinski definition) is 4. The number of carbonyl (C=O) groups excluding carboxylic acids is 1. The van der Waals surface area contributed by atoms with E-state index in [0.29, 0.717) is 30.4 Å². The van der Waals surface area contributed by atoms with Crippen molar-refractivity contribution in [3.05, 3.63) is 34.1 Å². The Morgan fingerprint density at radius 2 is 1.96 bits per heavy atom. The molecule has 1 atom stereocenters. The van der Waals surface area contributed by atoms with Crippen LogP contribution in [0.15, 0.2) is 22.7 Å². The van der Waals surface area contributed by atoms with E-state index < -0.39 is 23.8 Å². The van der Waals surface area contributed by atoms with Crippen LogP contribution in [0.3, 0.4) is 0 Å². The summed E-state index contributed by atoms with van der Waals surface area (Å²) < 4.78 is 50.7. The Labute approximate surface area is 155 Å². The zero-order valence-electron chi connectivity index (χ0n) is 13.9. The number of aromatic nitrogens is 2. The molecule has 2 heterocycles. The summed E-state index contributed by atoms with van der Waals surface area (Å²) >= 11 is 2.90. The highest BCUT2D eigenvalue weighted by Gasteiger charge is 2.39. The van der Waals surface area contributed by atoms with E-state index in [1.54, 1.807) is 18.2 Å². The first-order chi connectivity index (χ1) is 12.2. The fourth-order valence-corrected chi connectivity index (χ4v) is 3.02. The lowest BCUT2D eigenvalue weighted by atomic mass is 10.2. The van der Waals surface area contributed by atoms with Crippen molar-refractivity contribution in [1.29, 1.82) is 0 Å². The molecule has 3 rings (SSSR count). The molecule has 1 aliphatic heterocycles. The van der Waals surface area contributed by atoms with Crippen molar-refractivity contribution < 1.29 is 27.4 Å². The van der Waals surface area contributed by atoms with E-state index in [-0.39, 0.29) is 10.2 Å². The molecule has 1 unspecified atom stereocenters. The van der Waals surface area contributed by atoms with E-state index in [9.17, 15) is 18.0 Å². The lowest BCUT2D eigenvalue weighted by molar-refractivity contribution is -0.142. The molecular weight excluding hydrogens is 419 g/mol. The van der Waals surface area contributed by atoms with Crippen molar-refractivity contribution in [2.45, 2.75) is 26.1 Å². The summed E-state index contributed by atoms with van der Waals surface area (Å²) in [4.78, 5) is 12.5. The van der Waals surface area contributed by atoms with Gasteiger partial charge in [-0.15, -0.1) is 0 Å². The number of amides is 1. The van der Waals surface area contributed by atoms with Gasteiger partial charge in [0.05, 0.1) is 10.2 Å². The second-order valence-electron chi connectivity index (χ2n) is 5.71. The van der Waals surface area contributed by atoms with Gasteiger partial charge in [0.1, 0.15) is 19.3 Å². The van der Waals surface area contributed by atoms with Gasteiger partial charge in [0.2, 0.25) is 5.91 Å². The lowest BCUT2D eigenvalue weighted by Gasteiger charge is -2.20. The average molecular weight is 434 g/mol. The Hall–Kier alpha value is -2.23. The third-order valence-corrected chi connectivity index (χ3v) is 4.85. The van der Waals surface area contributed by atoms with Crippen LogP contribution in [-0.2, 0) is 11.0 Å². The summed E-state index contributed by atoms with van der Waals surface area (Å²) in [7, 11) is 0. The van der Waals surface area contributed by atoms with Crippen LogP contribution in [-0.4, -0.2) is 28.9 Å². The van der Waals surface area contributed by atoms with Gasteiger partial charge in [0.15, 0.2) is 17.2 Å². The zero-order valence-corrected chi connectivity index (χ0v) is 15.4. The normalized spacial score (nSPS) is 14.8. The quantitative estimate of drug-likeness (QED) is 0.795. The second kappa shape index (κ2) is 6.82. The number of rotatable bonds is 3. The molecule has 0 bridgehead atoms. The maximum atomic E-state index is 13.0. The summed E-state index contributed by atoms with van der Waals surface area (Å²) in [6.45, 7) is 3.78. The number of ether oxygens (including phenoxy) is 2. The minimum atomic E-state index is -4.61. The van der Waals surface area contributed by atoms with E-state index in [1.165, 1.54) is 13.8 Å². The van der Waals surface area contributed by atoms with Gasteiger partial charge in [-0.2, -0.15) is 18.3 Å². The minimum Gasteiger partial charge on any atom is -0.486 e. The van der Waals surface area contributed by atoms with Crippen LogP contribution < -0.4 is 14.8 Å². The minimum absolute atomic E-state index is 0.177. The molecule has 0 fully saturated rings. The molecule has 0 radical (unpaired) electrons. The van der Waals surface area contributed by atoms with Gasteiger partial charge >= 0.3 is 6.18 Å². The Kier molecular flexibility index (Phi) is 4.87. The maximum Gasteiger partial charge on any atom is 0.436 e. The van der Waals surface area contributed by atoms with Crippen molar-refractivity contribution in [1.82, 2.24) is 9.78 Å². The van der Waals surface area contributed by atoms with Crippen LogP contribution >= 0.6 is 15.9 Å². The van der Waals surface area contributed by atoms with E-state index >= 15 is 0 Å². The van der Waals surface area contributed by atoms with E-state index in [4.69, 9.17) is 9.47 Å². The number of anilines is 1. The molecule has 1 aromatic heterocycles. The predicted molar refractivity (Wildman–Crippen MR) is 90.4 cm³/mol. The zero-order chi connectivity index (χ0) is 19.1. The Morgan fingerprint density at radius 1 is 1.31 bits per heavy atom. The standard InChI is InChI=1S/C16H15BrF3N3O3/c1-8-13(17)14(16(18,19)20)22-23(8)9(2)15(24)21-10-3-4-11-12(7-10)26-6-5-25-11/h3-4,7,9H,5-6H2,1-2H3,(H,21,24). The molecule has 10 heteroatoms. The van der Waals surface area contributed by atoms with Crippen LogP contribution in [0.25, 0.3) is 0 Å². The molecular formula is C16H15BrF3N3O3. The smallest absolute Gasteiger partial charge is 0.436 e. The van der Waals surface area contributed by atoms with Crippen molar-refractivity contribution in [2.75, 3.05) is 18.5 Å². The molecule has 0 spiro atoms. The topological polar surface area (TPSA) is 65.4 Å². The molecule has 26 heavy (non-hydrogen) atoms. The van der Waals surface area contributed by atoms with Crippen molar-refractivity contribution >= 4 is 27.5 Å². The van der Waals surface area contributed by atoms with Crippen molar-refractivity contribution in [2.24, 2.45) is 0 Å². The summed E-state index contributed by atoms with van der Waals surface area (Å²) in [6.07, 6.45) is -4.61. The van der Waals surface area contributed by atoms with Gasteiger partial charge in [-0.3, -0.25) is 9.48 Å². The molecule has 140 valence electrons. The summed E-state index contributed by atoms with van der Waals surface area (Å²) in [5.41, 5.74) is -0.401. The number of alkyl halides is 3. The van der Waals surface area contributed by atoms with Crippen LogP contribution in [0.4, 0.5) is 18.9 Å². The molecule has 1 aliphatic rings. The van der Waals surface area contributed by atoms with Gasteiger partial charge in [0.25, 0.3) is 0 Å². The molecule has 0 aliphatic carbocycles. The first-order valence-corrected chi connectivity index (χ1v) is 8.50. The predicted octanol–water partition coefficient (Wildman–Crippen LogP) is 3.94. The first kappa shape index (κ1) is 18.6. The van der Waals surface area contributed by atoms with Gasteiger partial charge in [-0.05, 0) is 41.9 Å². The number of benzene rings is 1. The highest BCUT2D eigenvalue weighted by molar-refractivity contribution is 9.10. The molecule has 6 nitrogen and oxygen atoms in total. The van der Waals surface area contributed by atoms with Gasteiger partial charge in [-0.1, -0.05) is 0 Å². The lowest BCUT2D eigenvalue weighted by Crippen LogP contribution is -2.25. The molecule has 1 amide bonds. The maximum absolute atomic E-state index is 13.0.